The maximum Gasteiger partial charge on any atom is 0.326 e. The van der Waals surface area contributed by atoms with E-state index in [0.29, 0.717) is 0 Å². The summed E-state index contributed by atoms with van der Waals surface area (Å²) in [4.78, 5) is 33.0. The largest absolute Gasteiger partial charge is 0.480 e. The second kappa shape index (κ2) is 7.17. The van der Waals surface area contributed by atoms with E-state index >= 15 is 0 Å². The Kier molecular flexibility index (Phi) is 5.58. The van der Waals surface area contributed by atoms with Crippen LogP contribution in [0.15, 0.2) is 18.2 Å². The number of anilines is 1. The average molecular weight is 301 g/mol. The van der Waals surface area contributed by atoms with Gasteiger partial charge >= 0.3 is 12.0 Å². The maximum atomic E-state index is 13.3. The Balaban J connectivity index is 2.67. The molecule has 3 amide bonds. The molecule has 0 aliphatic heterocycles. The zero-order chi connectivity index (χ0) is 16.0. The second-order valence-corrected chi connectivity index (χ2v) is 4.12. The van der Waals surface area contributed by atoms with E-state index in [4.69, 9.17) is 10.8 Å². The monoisotopic (exact) mass is 301 g/mol. The van der Waals surface area contributed by atoms with E-state index in [0.717, 1.165) is 18.2 Å². The topological polar surface area (TPSA) is 122 Å². The fourth-order valence-electron chi connectivity index (χ4n) is 1.45. The predicted molar refractivity (Wildman–Crippen MR) is 68.4 cm³/mol. The highest BCUT2D eigenvalue weighted by molar-refractivity contribution is 5.92. The molecule has 1 rings (SSSR count). The summed E-state index contributed by atoms with van der Waals surface area (Å²) in [5.74, 6) is -3.75. The van der Waals surface area contributed by atoms with Gasteiger partial charge in [0.1, 0.15) is 17.7 Å². The van der Waals surface area contributed by atoms with Crippen LogP contribution in [0.5, 0.6) is 0 Å². The number of carbonyl (C=O) groups is 3. The van der Waals surface area contributed by atoms with Crippen LogP contribution in [-0.2, 0) is 9.59 Å². The summed E-state index contributed by atoms with van der Waals surface area (Å²) in [6.45, 7) is 0. The summed E-state index contributed by atoms with van der Waals surface area (Å²) in [5, 5.41) is 12.9. The lowest BCUT2D eigenvalue weighted by Gasteiger charge is -2.14. The third-order valence-corrected chi connectivity index (χ3v) is 2.46. The van der Waals surface area contributed by atoms with Gasteiger partial charge in [0.25, 0.3) is 0 Å². The minimum atomic E-state index is -1.38. The molecule has 1 aromatic carbocycles. The number of aliphatic carboxylic acids is 1. The summed E-state index contributed by atoms with van der Waals surface area (Å²) < 4.78 is 26.2. The quantitative estimate of drug-likeness (QED) is 0.621. The number of benzene rings is 1. The molecular formula is C12H13F2N3O4. The van der Waals surface area contributed by atoms with E-state index < -0.39 is 41.3 Å². The van der Waals surface area contributed by atoms with E-state index in [9.17, 15) is 23.2 Å². The van der Waals surface area contributed by atoms with Crippen LogP contribution in [0.1, 0.15) is 12.8 Å². The summed E-state index contributed by atoms with van der Waals surface area (Å²) in [6, 6.07) is -0.00271. The number of nitrogens with one attached hydrogen (secondary N) is 2. The Hall–Kier alpha value is -2.71. The molecule has 0 aliphatic carbocycles. The lowest BCUT2D eigenvalue weighted by atomic mass is 10.1. The van der Waals surface area contributed by atoms with Crippen LogP contribution in [-0.4, -0.2) is 29.1 Å². The van der Waals surface area contributed by atoms with Gasteiger partial charge in [0.15, 0.2) is 0 Å². The van der Waals surface area contributed by atoms with Crippen molar-refractivity contribution in [3.63, 3.8) is 0 Å². The molecule has 7 nitrogen and oxygen atoms in total. The second-order valence-electron chi connectivity index (χ2n) is 4.12. The molecule has 0 bridgehead atoms. The maximum absolute atomic E-state index is 13.3. The van der Waals surface area contributed by atoms with Crippen LogP contribution in [0.2, 0.25) is 0 Å². The van der Waals surface area contributed by atoms with Gasteiger partial charge < -0.3 is 21.5 Å². The highest BCUT2D eigenvalue weighted by Gasteiger charge is 2.21. The van der Waals surface area contributed by atoms with Crippen molar-refractivity contribution in [2.75, 3.05) is 5.32 Å². The molecule has 1 unspecified atom stereocenters. The highest BCUT2D eigenvalue weighted by atomic mass is 19.1. The molecule has 1 aromatic rings. The first-order valence-electron chi connectivity index (χ1n) is 5.83. The molecule has 9 heteroatoms. The Morgan fingerprint density at radius 2 is 1.95 bits per heavy atom. The zero-order valence-corrected chi connectivity index (χ0v) is 10.7. The van der Waals surface area contributed by atoms with Crippen molar-refractivity contribution in [3.05, 3.63) is 29.8 Å². The lowest BCUT2D eigenvalue weighted by Crippen LogP contribution is -2.43. The first kappa shape index (κ1) is 16.3. The Bertz CT molecular complexity index is 565. The summed E-state index contributed by atoms with van der Waals surface area (Å²) in [7, 11) is 0. The van der Waals surface area contributed by atoms with Gasteiger partial charge in [0.05, 0.1) is 5.69 Å². The van der Waals surface area contributed by atoms with Gasteiger partial charge in [-0.15, -0.1) is 0 Å². The van der Waals surface area contributed by atoms with Gasteiger partial charge in [-0.05, 0) is 18.6 Å². The number of urea groups is 1. The number of nitrogens with two attached hydrogens (primary N) is 1. The minimum absolute atomic E-state index is 0.219. The molecule has 0 saturated heterocycles. The van der Waals surface area contributed by atoms with E-state index in [1.165, 1.54) is 0 Å². The first-order valence-corrected chi connectivity index (χ1v) is 5.83. The molecule has 0 saturated carbocycles. The molecular weight excluding hydrogens is 288 g/mol. The number of rotatable bonds is 6. The van der Waals surface area contributed by atoms with Gasteiger partial charge in [0, 0.05) is 12.5 Å². The minimum Gasteiger partial charge on any atom is -0.480 e. The summed E-state index contributed by atoms with van der Waals surface area (Å²) in [5.41, 5.74) is 4.44. The van der Waals surface area contributed by atoms with E-state index in [1.54, 1.807) is 0 Å². The Morgan fingerprint density at radius 1 is 1.29 bits per heavy atom. The van der Waals surface area contributed by atoms with Crippen molar-refractivity contribution in [1.29, 1.82) is 0 Å². The normalized spacial score (nSPS) is 11.5. The van der Waals surface area contributed by atoms with Crippen LogP contribution in [0.3, 0.4) is 0 Å². The summed E-state index contributed by atoms with van der Waals surface area (Å²) in [6.07, 6.45) is -0.463. The van der Waals surface area contributed by atoms with Crippen LogP contribution >= 0.6 is 0 Å². The number of halogens is 2. The van der Waals surface area contributed by atoms with Crippen LogP contribution in [0.4, 0.5) is 19.3 Å². The predicted octanol–water partition coefficient (Wildman–Crippen LogP) is 0.805. The fourth-order valence-corrected chi connectivity index (χ4v) is 1.45. The lowest BCUT2D eigenvalue weighted by molar-refractivity contribution is -0.139. The molecule has 1 atom stereocenters. The molecule has 0 fully saturated rings. The molecule has 21 heavy (non-hydrogen) atoms. The van der Waals surface area contributed by atoms with Crippen molar-refractivity contribution in [2.24, 2.45) is 5.73 Å². The van der Waals surface area contributed by atoms with Crippen molar-refractivity contribution in [1.82, 2.24) is 5.32 Å². The van der Waals surface area contributed by atoms with E-state index in [-0.39, 0.29) is 12.8 Å². The van der Waals surface area contributed by atoms with Crippen molar-refractivity contribution < 1.29 is 28.3 Å². The van der Waals surface area contributed by atoms with Crippen LogP contribution in [0.25, 0.3) is 0 Å². The number of carboxylic acids is 1. The van der Waals surface area contributed by atoms with Crippen molar-refractivity contribution in [3.8, 4) is 0 Å². The number of hydrogen-bond donors (Lipinski definition) is 4. The van der Waals surface area contributed by atoms with Crippen molar-refractivity contribution in [2.45, 2.75) is 18.9 Å². The van der Waals surface area contributed by atoms with Gasteiger partial charge in [-0.25, -0.2) is 18.4 Å². The third-order valence-electron chi connectivity index (χ3n) is 2.46. The molecule has 0 radical (unpaired) electrons. The van der Waals surface area contributed by atoms with E-state index in [2.05, 4.69) is 0 Å². The average Bonchev–Trinajstić information content (AvgIpc) is 2.38. The van der Waals surface area contributed by atoms with Gasteiger partial charge in [-0.3, -0.25) is 4.79 Å². The molecule has 5 N–H and O–H groups in total. The Morgan fingerprint density at radius 3 is 2.52 bits per heavy atom. The smallest absolute Gasteiger partial charge is 0.326 e. The van der Waals surface area contributed by atoms with Gasteiger partial charge in [0.2, 0.25) is 5.91 Å². The molecule has 0 aliphatic rings. The SMILES string of the molecule is NC(=O)CCC(NC(=O)Nc1cc(F)ccc1F)C(=O)O. The molecule has 0 heterocycles. The highest BCUT2D eigenvalue weighted by Crippen LogP contribution is 2.15. The standard InChI is InChI=1S/C12H13F2N3O4/c13-6-1-2-7(14)9(5-6)17-12(21)16-8(11(19)20)3-4-10(15)18/h1-2,5,8H,3-4H2,(H2,15,18)(H,19,20)(H2,16,17,21). The zero-order valence-electron chi connectivity index (χ0n) is 10.7. The number of carbonyl (C=O) groups excluding carboxylic acids is 2. The molecule has 114 valence electrons. The number of primary amides is 1. The third kappa shape index (κ3) is 5.43. The van der Waals surface area contributed by atoms with Crippen molar-refractivity contribution >= 4 is 23.6 Å². The fraction of sp³-hybridized carbons (Fsp3) is 0.250. The molecule has 0 aromatic heterocycles. The van der Waals surface area contributed by atoms with E-state index in [1.807, 2.05) is 10.6 Å². The summed E-state index contributed by atoms with van der Waals surface area (Å²) >= 11 is 0. The number of hydrogen-bond acceptors (Lipinski definition) is 3. The van der Waals surface area contributed by atoms with Crippen LogP contribution < -0.4 is 16.4 Å². The van der Waals surface area contributed by atoms with Crippen LogP contribution in [0, 0.1) is 11.6 Å². The molecule has 0 spiro atoms. The number of amides is 3. The van der Waals surface area contributed by atoms with Gasteiger partial charge in [-0.1, -0.05) is 0 Å². The van der Waals surface area contributed by atoms with Gasteiger partial charge in [-0.2, -0.15) is 0 Å². The first-order chi connectivity index (χ1) is 9.79. The number of carboxylic acid groups (broad SMARTS) is 1. The Labute approximate surface area is 118 Å².